The SMILES string of the molecule is COC(=O)[C@H](CCSC)NC(=O)c1cc(C/C=C/[C@@H](N)CS)ccc1C(C)C. The smallest absolute Gasteiger partial charge is 0.328 e. The molecule has 0 spiro atoms. The lowest BCUT2D eigenvalue weighted by atomic mass is 9.93. The third kappa shape index (κ3) is 7.89. The highest BCUT2D eigenvalue weighted by Gasteiger charge is 2.23. The number of thioether (sulfide) groups is 1. The van der Waals surface area contributed by atoms with Crippen LogP contribution < -0.4 is 11.1 Å². The van der Waals surface area contributed by atoms with Gasteiger partial charge in [0.1, 0.15) is 6.04 Å². The van der Waals surface area contributed by atoms with Crippen molar-refractivity contribution in [3.63, 3.8) is 0 Å². The van der Waals surface area contributed by atoms with Crippen LogP contribution in [0.3, 0.4) is 0 Å². The van der Waals surface area contributed by atoms with Gasteiger partial charge >= 0.3 is 5.97 Å². The summed E-state index contributed by atoms with van der Waals surface area (Å²) >= 11 is 5.79. The third-order valence-electron chi connectivity index (χ3n) is 4.33. The first-order chi connectivity index (χ1) is 13.3. The van der Waals surface area contributed by atoms with Gasteiger partial charge in [0.2, 0.25) is 0 Å². The summed E-state index contributed by atoms with van der Waals surface area (Å²) in [5.74, 6) is 0.853. The summed E-state index contributed by atoms with van der Waals surface area (Å²) in [7, 11) is 1.34. The molecule has 0 heterocycles. The molecule has 1 amide bonds. The van der Waals surface area contributed by atoms with E-state index in [0.717, 1.165) is 16.9 Å². The van der Waals surface area contributed by atoms with Gasteiger partial charge in [-0.15, -0.1) is 0 Å². The Labute approximate surface area is 178 Å². The van der Waals surface area contributed by atoms with E-state index in [2.05, 4.69) is 17.9 Å². The van der Waals surface area contributed by atoms with Crippen molar-refractivity contribution in [1.82, 2.24) is 5.32 Å². The van der Waals surface area contributed by atoms with Crippen molar-refractivity contribution < 1.29 is 14.3 Å². The summed E-state index contributed by atoms with van der Waals surface area (Å²) < 4.78 is 4.84. The minimum Gasteiger partial charge on any atom is -0.467 e. The van der Waals surface area contributed by atoms with Crippen LogP contribution in [0, 0.1) is 0 Å². The van der Waals surface area contributed by atoms with Crippen molar-refractivity contribution in [3.8, 4) is 0 Å². The van der Waals surface area contributed by atoms with Gasteiger partial charge in [0.25, 0.3) is 5.91 Å². The number of thiol groups is 1. The number of allylic oxidation sites excluding steroid dienone is 1. The molecule has 0 radical (unpaired) electrons. The molecule has 0 bridgehead atoms. The summed E-state index contributed by atoms with van der Waals surface area (Å²) in [6, 6.07) is 5.16. The normalized spacial score (nSPS) is 13.5. The molecule has 0 aliphatic carbocycles. The molecule has 7 heteroatoms. The largest absolute Gasteiger partial charge is 0.467 e. The number of carbonyl (C=O) groups is 2. The van der Waals surface area contributed by atoms with Crippen LogP contribution in [-0.2, 0) is 16.0 Å². The molecule has 1 rings (SSSR count). The van der Waals surface area contributed by atoms with E-state index in [1.807, 2.05) is 50.5 Å². The number of hydrogen-bond acceptors (Lipinski definition) is 6. The lowest BCUT2D eigenvalue weighted by Gasteiger charge is -2.19. The van der Waals surface area contributed by atoms with Crippen LogP contribution in [0.5, 0.6) is 0 Å². The average Bonchev–Trinajstić information content (AvgIpc) is 2.69. The maximum absolute atomic E-state index is 13.0. The summed E-state index contributed by atoms with van der Waals surface area (Å²) in [6.07, 6.45) is 7.07. The number of esters is 1. The highest BCUT2D eigenvalue weighted by Crippen LogP contribution is 2.22. The van der Waals surface area contributed by atoms with E-state index < -0.39 is 12.0 Å². The fourth-order valence-corrected chi connectivity index (χ4v) is 3.33. The molecular formula is C21H32N2O3S2. The molecule has 2 atom stereocenters. The molecule has 156 valence electrons. The van der Waals surface area contributed by atoms with E-state index in [4.69, 9.17) is 10.5 Å². The van der Waals surface area contributed by atoms with Crippen molar-refractivity contribution in [1.29, 1.82) is 0 Å². The quantitative estimate of drug-likeness (QED) is 0.289. The standard InChI is InChI=1S/C21H32N2O3S2/c1-14(2)17-9-8-15(6-5-7-16(22)13-27)12-18(17)20(24)23-19(10-11-28-4)21(25)26-3/h5,7-9,12,14,16,19,27H,6,10-11,13,22H2,1-4H3,(H,23,24)/b7-5+/t16-,19+/m1/s1. The average molecular weight is 425 g/mol. The molecule has 28 heavy (non-hydrogen) atoms. The van der Waals surface area contributed by atoms with Crippen LogP contribution in [0.2, 0.25) is 0 Å². The first-order valence-corrected chi connectivity index (χ1v) is 11.4. The summed E-state index contributed by atoms with van der Waals surface area (Å²) in [4.78, 5) is 25.0. The van der Waals surface area contributed by atoms with Gasteiger partial charge in [-0.1, -0.05) is 38.1 Å². The minimum atomic E-state index is -0.651. The van der Waals surface area contributed by atoms with Crippen molar-refractivity contribution in [2.45, 2.75) is 44.7 Å². The number of nitrogens with two attached hydrogens (primary N) is 1. The second kappa shape index (κ2) is 12.9. The highest BCUT2D eigenvalue weighted by molar-refractivity contribution is 7.98. The number of rotatable bonds is 11. The van der Waals surface area contributed by atoms with Gasteiger partial charge in [-0.3, -0.25) is 4.79 Å². The molecule has 3 N–H and O–H groups in total. The van der Waals surface area contributed by atoms with Crippen LogP contribution in [0.1, 0.15) is 47.7 Å². The first-order valence-electron chi connectivity index (χ1n) is 9.37. The molecule has 0 saturated carbocycles. The van der Waals surface area contributed by atoms with E-state index >= 15 is 0 Å². The second-order valence-corrected chi connectivity index (χ2v) is 8.24. The topological polar surface area (TPSA) is 81.4 Å². The van der Waals surface area contributed by atoms with Crippen LogP contribution in [0.25, 0.3) is 0 Å². The van der Waals surface area contributed by atoms with Crippen LogP contribution in [0.4, 0.5) is 0 Å². The zero-order chi connectivity index (χ0) is 21.1. The zero-order valence-electron chi connectivity index (χ0n) is 17.1. The number of ether oxygens (including phenoxy) is 1. The Kier molecular flexibility index (Phi) is 11.3. The number of benzene rings is 1. The van der Waals surface area contributed by atoms with E-state index in [9.17, 15) is 9.59 Å². The third-order valence-corrected chi connectivity index (χ3v) is 5.40. The fraction of sp³-hybridized carbons (Fsp3) is 0.524. The van der Waals surface area contributed by atoms with E-state index in [-0.39, 0.29) is 17.9 Å². The van der Waals surface area contributed by atoms with Crippen molar-refractivity contribution in [3.05, 3.63) is 47.0 Å². The van der Waals surface area contributed by atoms with Crippen LogP contribution in [-0.4, -0.2) is 48.8 Å². The van der Waals surface area contributed by atoms with Gasteiger partial charge < -0.3 is 15.8 Å². The molecule has 0 unspecified atom stereocenters. The summed E-state index contributed by atoms with van der Waals surface area (Å²) in [5, 5.41) is 2.85. The Morgan fingerprint density at radius 2 is 2.07 bits per heavy atom. The Morgan fingerprint density at radius 1 is 1.36 bits per heavy atom. The monoisotopic (exact) mass is 424 g/mol. The van der Waals surface area contributed by atoms with Gasteiger partial charge in [0.15, 0.2) is 0 Å². The van der Waals surface area contributed by atoms with Crippen LogP contribution >= 0.6 is 24.4 Å². The van der Waals surface area contributed by atoms with Crippen molar-refractivity contribution in [2.75, 3.05) is 24.9 Å². The minimum absolute atomic E-state index is 0.0849. The number of nitrogens with one attached hydrogen (secondary N) is 1. The van der Waals surface area contributed by atoms with Gasteiger partial charge in [0.05, 0.1) is 7.11 Å². The Bertz CT molecular complexity index is 678. The van der Waals surface area contributed by atoms with E-state index in [1.165, 1.54) is 7.11 Å². The zero-order valence-corrected chi connectivity index (χ0v) is 18.8. The summed E-state index contributed by atoms with van der Waals surface area (Å²) in [5.41, 5.74) is 8.40. The van der Waals surface area contributed by atoms with Crippen molar-refractivity contribution >= 4 is 36.3 Å². The molecule has 0 aliphatic rings. The van der Waals surface area contributed by atoms with E-state index in [1.54, 1.807) is 11.8 Å². The Balaban J connectivity index is 3.06. The predicted molar refractivity (Wildman–Crippen MR) is 121 cm³/mol. The maximum Gasteiger partial charge on any atom is 0.328 e. The molecule has 1 aromatic rings. The number of methoxy groups -OCH3 is 1. The molecule has 0 aromatic heterocycles. The number of carbonyl (C=O) groups excluding carboxylic acids is 2. The van der Waals surface area contributed by atoms with Crippen molar-refractivity contribution in [2.24, 2.45) is 5.73 Å². The molecule has 0 aliphatic heterocycles. The fourth-order valence-electron chi connectivity index (χ4n) is 2.73. The first kappa shape index (κ1) is 24.6. The lowest BCUT2D eigenvalue weighted by Crippen LogP contribution is -2.42. The maximum atomic E-state index is 13.0. The van der Waals surface area contributed by atoms with E-state index in [0.29, 0.717) is 24.2 Å². The second-order valence-electron chi connectivity index (χ2n) is 6.89. The molecule has 1 aromatic carbocycles. The van der Waals surface area contributed by atoms with Gasteiger partial charge in [0, 0.05) is 17.4 Å². The summed E-state index contributed by atoms with van der Waals surface area (Å²) in [6.45, 7) is 4.09. The number of amides is 1. The molecule has 0 saturated heterocycles. The van der Waals surface area contributed by atoms with Gasteiger partial charge in [-0.05, 0) is 48.0 Å². The molecule has 5 nitrogen and oxygen atoms in total. The Hall–Kier alpha value is -1.44. The molecule has 0 fully saturated rings. The van der Waals surface area contributed by atoms with Crippen LogP contribution in [0.15, 0.2) is 30.4 Å². The predicted octanol–water partition coefficient (Wildman–Crippen LogP) is 3.19. The highest BCUT2D eigenvalue weighted by atomic mass is 32.2. The van der Waals surface area contributed by atoms with Gasteiger partial charge in [-0.2, -0.15) is 24.4 Å². The molecular weight excluding hydrogens is 392 g/mol. The number of hydrogen-bond donors (Lipinski definition) is 3. The van der Waals surface area contributed by atoms with Gasteiger partial charge in [-0.25, -0.2) is 4.79 Å². The Morgan fingerprint density at radius 3 is 2.64 bits per heavy atom. The lowest BCUT2D eigenvalue weighted by molar-refractivity contribution is -0.142.